The number of nitrogens with one attached hydrogen (secondary N) is 1. The first-order valence-electron chi connectivity index (χ1n) is 8.41. The number of nitrogens with zero attached hydrogens (tertiary/aromatic N) is 1. The summed E-state index contributed by atoms with van der Waals surface area (Å²) in [5.74, 6) is -2.34. The first-order chi connectivity index (χ1) is 13.9. The molecule has 0 aromatic heterocycles. The van der Waals surface area contributed by atoms with Crippen LogP contribution in [0.25, 0.3) is 0 Å². The predicted molar refractivity (Wildman–Crippen MR) is 96.0 cm³/mol. The summed E-state index contributed by atoms with van der Waals surface area (Å²) in [6.45, 7) is -3.62. The molecule has 29 heavy (non-hydrogen) atoms. The van der Waals surface area contributed by atoms with E-state index in [1.54, 1.807) is 24.3 Å². The van der Waals surface area contributed by atoms with E-state index in [0.717, 1.165) is 17.7 Å². The third-order valence-electron chi connectivity index (χ3n) is 3.66. The van der Waals surface area contributed by atoms with Gasteiger partial charge in [-0.15, -0.1) is 0 Å². The van der Waals surface area contributed by atoms with Gasteiger partial charge in [0, 0.05) is 12.0 Å². The summed E-state index contributed by atoms with van der Waals surface area (Å²) in [5, 5.41) is 10.8. The van der Waals surface area contributed by atoms with Gasteiger partial charge >= 0.3 is 12.6 Å². The van der Waals surface area contributed by atoms with Crippen molar-refractivity contribution in [3.8, 4) is 11.8 Å². The number of benzene rings is 2. The van der Waals surface area contributed by atoms with Crippen molar-refractivity contribution in [1.82, 2.24) is 5.32 Å². The number of halogens is 2. The highest BCUT2D eigenvalue weighted by atomic mass is 19.3. The Morgan fingerprint density at radius 3 is 2.28 bits per heavy atom. The van der Waals surface area contributed by atoms with Gasteiger partial charge in [0.25, 0.3) is 11.8 Å². The highest BCUT2D eigenvalue weighted by Gasteiger charge is 2.13. The van der Waals surface area contributed by atoms with E-state index in [1.165, 1.54) is 12.1 Å². The number of nitriles is 1. The van der Waals surface area contributed by atoms with Crippen LogP contribution in [-0.2, 0) is 20.7 Å². The molecule has 2 rings (SSSR count). The van der Waals surface area contributed by atoms with Crippen molar-refractivity contribution in [2.24, 2.45) is 0 Å². The fourth-order valence-electron chi connectivity index (χ4n) is 2.23. The van der Waals surface area contributed by atoms with Crippen LogP contribution in [0.15, 0.2) is 48.5 Å². The molecule has 1 N–H and O–H groups in total. The summed E-state index contributed by atoms with van der Waals surface area (Å²) in [7, 11) is 0. The van der Waals surface area contributed by atoms with Crippen molar-refractivity contribution in [3.63, 3.8) is 0 Å². The van der Waals surface area contributed by atoms with E-state index in [4.69, 9.17) is 10.00 Å². The summed E-state index contributed by atoms with van der Waals surface area (Å²) < 4.78 is 33.1. The maximum atomic E-state index is 12.1. The van der Waals surface area contributed by atoms with Crippen LogP contribution in [0.1, 0.15) is 27.9 Å². The van der Waals surface area contributed by atoms with Crippen molar-refractivity contribution in [3.05, 3.63) is 65.2 Å². The molecule has 0 aliphatic carbocycles. The Morgan fingerprint density at radius 2 is 1.69 bits per heavy atom. The summed E-state index contributed by atoms with van der Waals surface area (Å²) in [4.78, 5) is 35.3. The molecule has 9 heteroatoms. The lowest BCUT2D eigenvalue weighted by Crippen LogP contribution is -2.34. The van der Waals surface area contributed by atoms with Crippen LogP contribution in [-0.4, -0.2) is 31.0 Å². The lowest BCUT2D eigenvalue weighted by molar-refractivity contribution is -0.148. The number of hydrogen-bond acceptors (Lipinski definition) is 6. The van der Waals surface area contributed by atoms with E-state index in [-0.39, 0.29) is 17.7 Å². The summed E-state index contributed by atoms with van der Waals surface area (Å²) in [6, 6.07) is 13.4. The largest absolute Gasteiger partial charge is 0.456 e. The quantitative estimate of drug-likeness (QED) is 0.681. The third kappa shape index (κ3) is 7.38. The smallest absolute Gasteiger partial charge is 0.387 e. The minimum Gasteiger partial charge on any atom is -0.456 e. The highest BCUT2D eigenvalue weighted by Crippen LogP contribution is 2.14. The van der Waals surface area contributed by atoms with Crippen molar-refractivity contribution in [2.45, 2.75) is 19.5 Å². The number of carbonyl (C=O) groups is 3. The molecule has 0 heterocycles. The first-order valence-corrected chi connectivity index (χ1v) is 8.41. The van der Waals surface area contributed by atoms with Gasteiger partial charge < -0.3 is 9.47 Å². The number of rotatable bonds is 8. The summed E-state index contributed by atoms with van der Waals surface area (Å²) in [5.41, 5.74) is 1.39. The maximum Gasteiger partial charge on any atom is 0.387 e. The lowest BCUT2D eigenvalue weighted by atomic mass is 10.1. The number of aryl methyl sites for hydroxylation is 1. The number of imide groups is 1. The second-order valence-electron chi connectivity index (χ2n) is 5.75. The Bertz CT molecular complexity index is 906. The predicted octanol–water partition coefficient (Wildman–Crippen LogP) is 2.59. The summed E-state index contributed by atoms with van der Waals surface area (Å²) >= 11 is 0. The number of hydrogen-bond donors (Lipinski definition) is 1. The molecule has 2 aromatic carbocycles. The number of ether oxygens (including phenoxy) is 2. The van der Waals surface area contributed by atoms with Gasteiger partial charge in [-0.25, -0.2) is 0 Å². The molecule has 0 saturated carbocycles. The van der Waals surface area contributed by atoms with E-state index >= 15 is 0 Å². The van der Waals surface area contributed by atoms with Crippen molar-refractivity contribution < 1.29 is 32.6 Å². The Hall–Kier alpha value is -3.80. The molecule has 0 spiro atoms. The van der Waals surface area contributed by atoms with Gasteiger partial charge in [-0.3, -0.25) is 19.7 Å². The average Bonchev–Trinajstić information content (AvgIpc) is 2.71. The zero-order chi connectivity index (χ0) is 21.2. The van der Waals surface area contributed by atoms with E-state index in [9.17, 15) is 23.2 Å². The molecule has 0 aliphatic heterocycles. The zero-order valence-electron chi connectivity index (χ0n) is 15.1. The second-order valence-corrected chi connectivity index (χ2v) is 5.75. The molecule has 2 aromatic rings. The second kappa shape index (κ2) is 10.5. The fraction of sp³-hybridized carbons (Fsp3) is 0.200. The lowest BCUT2D eigenvalue weighted by Gasteiger charge is -2.07. The molecule has 7 nitrogen and oxygen atoms in total. The van der Waals surface area contributed by atoms with Gasteiger partial charge in [0.1, 0.15) is 5.75 Å². The molecule has 0 saturated heterocycles. The molecule has 0 aliphatic rings. The number of amides is 2. The van der Waals surface area contributed by atoms with Crippen LogP contribution >= 0.6 is 0 Å². The maximum absolute atomic E-state index is 12.1. The van der Waals surface area contributed by atoms with Crippen LogP contribution in [0.3, 0.4) is 0 Å². The Balaban J connectivity index is 1.73. The van der Waals surface area contributed by atoms with Gasteiger partial charge in [0.15, 0.2) is 6.61 Å². The Labute approximate surface area is 164 Å². The van der Waals surface area contributed by atoms with Gasteiger partial charge in [-0.2, -0.15) is 14.0 Å². The van der Waals surface area contributed by atoms with E-state index in [2.05, 4.69) is 4.74 Å². The van der Waals surface area contributed by atoms with Crippen molar-refractivity contribution >= 4 is 17.8 Å². The third-order valence-corrected chi connectivity index (χ3v) is 3.66. The number of alkyl halides is 2. The molecule has 0 unspecified atom stereocenters. The van der Waals surface area contributed by atoms with E-state index in [0.29, 0.717) is 12.0 Å². The zero-order valence-corrected chi connectivity index (χ0v) is 15.1. The molecule has 150 valence electrons. The van der Waals surface area contributed by atoms with Crippen LogP contribution in [0.4, 0.5) is 8.78 Å². The molecule has 0 radical (unpaired) electrons. The first kappa shape index (κ1) is 21.5. The SMILES string of the molecule is N#Cc1ccc(CCC(=O)OCC(=O)NC(=O)c2ccc(OC(F)F)cc2)cc1. The Kier molecular flexibility index (Phi) is 7.79. The molecular weight excluding hydrogens is 386 g/mol. The van der Waals surface area contributed by atoms with E-state index < -0.39 is 31.0 Å². The van der Waals surface area contributed by atoms with Crippen LogP contribution in [0, 0.1) is 11.3 Å². The van der Waals surface area contributed by atoms with Gasteiger partial charge in [0.2, 0.25) is 0 Å². The normalized spacial score (nSPS) is 10.1. The van der Waals surface area contributed by atoms with Crippen LogP contribution < -0.4 is 10.1 Å². The molecule has 0 fully saturated rings. The van der Waals surface area contributed by atoms with Gasteiger partial charge in [0.05, 0.1) is 11.6 Å². The van der Waals surface area contributed by atoms with Gasteiger partial charge in [-0.1, -0.05) is 12.1 Å². The summed E-state index contributed by atoms with van der Waals surface area (Å²) in [6.07, 6.45) is 0.400. The van der Waals surface area contributed by atoms with Crippen LogP contribution in [0.2, 0.25) is 0 Å². The highest BCUT2D eigenvalue weighted by molar-refractivity contribution is 6.05. The average molecular weight is 402 g/mol. The van der Waals surface area contributed by atoms with E-state index in [1.807, 2.05) is 11.4 Å². The molecule has 0 bridgehead atoms. The number of carbonyl (C=O) groups excluding carboxylic acids is 3. The van der Waals surface area contributed by atoms with Crippen molar-refractivity contribution in [2.75, 3.05) is 6.61 Å². The fourth-order valence-corrected chi connectivity index (χ4v) is 2.23. The Morgan fingerprint density at radius 1 is 1.03 bits per heavy atom. The van der Waals surface area contributed by atoms with Crippen LogP contribution in [0.5, 0.6) is 5.75 Å². The molecule has 2 amide bonds. The number of esters is 1. The molecule has 0 atom stereocenters. The molecular formula is C20H16F2N2O5. The topological polar surface area (TPSA) is 105 Å². The monoisotopic (exact) mass is 402 g/mol. The standard InChI is InChI=1S/C20H16F2N2O5/c21-20(22)29-16-8-6-15(7-9-16)19(27)24-17(25)12-28-18(26)10-5-13-1-3-14(11-23)4-2-13/h1-4,6-9,20H,5,10,12H2,(H,24,25,27). The minimum atomic E-state index is -2.98. The van der Waals surface area contributed by atoms with Crippen molar-refractivity contribution in [1.29, 1.82) is 5.26 Å². The van der Waals surface area contributed by atoms with Gasteiger partial charge in [-0.05, 0) is 48.4 Å². The minimum absolute atomic E-state index is 0.0265.